The van der Waals surface area contributed by atoms with Gasteiger partial charge in [-0.05, 0) is 35.4 Å². The van der Waals surface area contributed by atoms with E-state index in [1.165, 1.54) is 5.56 Å². The molecule has 2 N–H and O–H groups in total. The average molecular weight is 277 g/mol. The van der Waals surface area contributed by atoms with Crippen molar-refractivity contribution in [2.24, 2.45) is 0 Å². The number of hydrogen-bond acceptors (Lipinski definition) is 4. The van der Waals surface area contributed by atoms with Crippen LogP contribution in [0.15, 0.2) is 41.1 Å². The highest BCUT2D eigenvalue weighted by Crippen LogP contribution is 2.20. The Morgan fingerprint density at radius 1 is 1.32 bits per heavy atom. The Morgan fingerprint density at radius 3 is 2.89 bits per heavy atom. The van der Waals surface area contributed by atoms with Crippen molar-refractivity contribution in [1.82, 2.24) is 5.32 Å². The third kappa shape index (κ3) is 4.06. The zero-order chi connectivity index (χ0) is 13.5. The largest absolute Gasteiger partial charge is 0.491 e. The van der Waals surface area contributed by atoms with E-state index in [4.69, 9.17) is 9.84 Å². The summed E-state index contributed by atoms with van der Waals surface area (Å²) in [7, 11) is 0. The van der Waals surface area contributed by atoms with Crippen LogP contribution in [0.25, 0.3) is 0 Å². The summed E-state index contributed by atoms with van der Waals surface area (Å²) in [4.78, 5) is 0. The standard InChI is InChI=1S/C15H19NO2S/c1-12(14-6-9-19-11-14)16-10-13-4-2-3-5-15(13)18-8-7-17/h2-6,9,11-12,16-17H,7-8,10H2,1H3/t12-/m1/s1. The highest BCUT2D eigenvalue weighted by Gasteiger charge is 2.07. The van der Waals surface area contributed by atoms with Gasteiger partial charge in [0.25, 0.3) is 0 Å². The van der Waals surface area contributed by atoms with Crippen LogP contribution in [0, 0.1) is 0 Å². The van der Waals surface area contributed by atoms with Crippen molar-refractivity contribution in [3.63, 3.8) is 0 Å². The molecule has 0 saturated carbocycles. The predicted molar refractivity (Wildman–Crippen MR) is 78.6 cm³/mol. The van der Waals surface area contributed by atoms with E-state index in [-0.39, 0.29) is 6.61 Å². The number of hydrogen-bond donors (Lipinski definition) is 2. The maximum atomic E-state index is 8.82. The van der Waals surface area contributed by atoms with E-state index in [9.17, 15) is 0 Å². The van der Waals surface area contributed by atoms with Crippen molar-refractivity contribution >= 4 is 11.3 Å². The minimum atomic E-state index is 0.0348. The van der Waals surface area contributed by atoms with Crippen LogP contribution in [0.5, 0.6) is 5.75 Å². The fourth-order valence-corrected chi connectivity index (χ4v) is 2.60. The van der Waals surface area contributed by atoms with Gasteiger partial charge in [0.2, 0.25) is 0 Å². The van der Waals surface area contributed by atoms with Crippen LogP contribution in [0.3, 0.4) is 0 Å². The van der Waals surface area contributed by atoms with Gasteiger partial charge >= 0.3 is 0 Å². The number of nitrogens with one attached hydrogen (secondary N) is 1. The van der Waals surface area contributed by atoms with Gasteiger partial charge in [0.15, 0.2) is 0 Å². The molecule has 1 atom stereocenters. The lowest BCUT2D eigenvalue weighted by atomic mass is 10.1. The quantitative estimate of drug-likeness (QED) is 0.817. The Balaban J connectivity index is 1.95. The lowest BCUT2D eigenvalue weighted by molar-refractivity contribution is 0.200. The molecule has 0 saturated heterocycles. The molecule has 0 fully saturated rings. The fourth-order valence-electron chi connectivity index (χ4n) is 1.85. The van der Waals surface area contributed by atoms with Crippen LogP contribution < -0.4 is 10.1 Å². The molecule has 0 aliphatic carbocycles. The van der Waals surface area contributed by atoms with Crippen molar-refractivity contribution in [3.8, 4) is 5.75 Å². The summed E-state index contributed by atoms with van der Waals surface area (Å²) >= 11 is 1.71. The molecule has 0 aliphatic rings. The molecule has 0 aliphatic heterocycles. The Hall–Kier alpha value is -1.36. The summed E-state index contributed by atoms with van der Waals surface area (Å²) in [6, 6.07) is 10.4. The summed E-state index contributed by atoms with van der Waals surface area (Å²) in [6.45, 7) is 3.27. The van der Waals surface area contributed by atoms with Crippen LogP contribution in [0.2, 0.25) is 0 Å². The average Bonchev–Trinajstić information content (AvgIpc) is 2.97. The van der Waals surface area contributed by atoms with Crippen molar-refractivity contribution in [2.75, 3.05) is 13.2 Å². The van der Waals surface area contributed by atoms with Gasteiger partial charge in [0, 0.05) is 18.2 Å². The zero-order valence-corrected chi connectivity index (χ0v) is 11.8. The number of ether oxygens (including phenoxy) is 1. The lowest BCUT2D eigenvalue weighted by Gasteiger charge is -2.15. The first-order valence-electron chi connectivity index (χ1n) is 6.38. The zero-order valence-electron chi connectivity index (χ0n) is 11.0. The Bertz CT molecular complexity index is 485. The maximum Gasteiger partial charge on any atom is 0.123 e. The van der Waals surface area contributed by atoms with Crippen LogP contribution >= 0.6 is 11.3 Å². The van der Waals surface area contributed by atoms with Crippen LogP contribution in [0.1, 0.15) is 24.1 Å². The molecule has 0 radical (unpaired) electrons. The number of aliphatic hydroxyl groups excluding tert-OH is 1. The SMILES string of the molecule is C[C@@H](NCc1ccccc1OCCO)c1ccsc1. The van der Waals surface area contributed by atoms with Gasteiger partial charge in [-0.1, -0.05) is 18.2 Å². The molecule has 1 aromatic carbocycles. The molecular weight excluding hydrogens is 258 g/mol. The molecule has 4 heteroatoms. The van der Waals surface area contributed by atoms with Gasteiger partial charge in [-0.25, -0.2) is 0 Å². The second-order valence-corrected chi connectivity index (χ2v) is 5.12. The third-order valence-corrected chi connectivity index (χ3v) is 3.66. The molecule has 0 amide bonds. The Labute approximate surface area is 117 Å². The van der Waals surface area contributed by atoms with Gasteiger partial charge in [-0.2, -0.15) is 11.3 Å². The molecule has 2 aromatic rings. The van der Waals surface area contributed by atoms with E-state index < -0.39 is 0 Å². The number of para-hydroxylation sites is 1. The van der Waals surface area contributed by atoms with Crippen molar-refractivity contribution < 1.29 is 9.84 Å². The molecule has 0 spiro atoms. The first-order valence-corrected chi connectivity index (χ1v) is 7.32. The first kappa shape index (κ1) is 14.1. The molecule has 19 heavy (non-hydrogen) atoms. The number of rotatable bonds is 7. The summed E-state index contributed by atoms with van der Waals surface area (Å²) in [6.07, 6.45) is 0. The van der Waals surface area contributed by atoms with Crippen LogP contribution in [0.4, 0.5) is 0 Å². The van der Waals surface area contributed by atoms with E-state index in [0.717, 1.165) is 17.9 Å². The highest BCUT2D eigenvalue weighted by molar-refractivity contribution is 7.07. The van der Waals surface area contributed by atoms with Gasteiger partial charge < -0.3 is 15.2 Å². The Kier molecular flexibility index (Phi) is 5.39. The predicted octanol–water partition coefficient (Wildman–Crippen LogP) is 2.97. The Morgan fingerprint density at radius 2 is 2.16 bits per heavy atom. The summed E-state index contributed by atoms with van der Waals surface area (Å²) in [5.74, 6) is 0.835. The fraction of sp³-hybridized carbons (Fsp3) is 0.333. The van der Waals surface area contributed by atoms with Gasteiger partial charge in [-0.3, -0.25) is 0 Å². The maximum absolute atomic E-state index is 8.82. The number of aliphatic hydroxyl groups is 1. The topological polar surface area (TPSA) is 41.5 Å². The van der Waals surface area contributed by atoms with Crippen molar-refractivity contribution in [2.45, 2.75) is 19.5 Å². The molecule has 1 heterocycles. The first-order chi connectivity index (χ1) is 9.31. The van der Waals surface area contributed by atoms with Gasteiger partial charge in [-0.15, -0.1) is 0 Å². The number of benzene rings is 1. The van der Waals surface area contributed by atoms with Crippen molar-refractivity contribution in [1.29, 1.82) is 0 Å². The van der Waals surface area contributed by atoms with Crippen LogP contribution in [-0.2, 0) is 6.54 Å². The van der Waals surface area contributed by atoms with E-state index >= 15 is 0 Å². The molecular formula is C15H19NO2S. The van der Waals surface area contributed by atoms with Gasteiger partial charge in [0.05, 0.1) is 6.61 Å². The third-order valence-electron chi connectivity index (χ3n) is 2.96. The van der Waals surface area contributed by atoms with Crippen LogP contribution in [-0.4, -0.2) is 18.3 Å². The van der Waals surface area contributed by atoms with Gasteiger partial charge in [0.1, 0.15) is 12.4 Å². The summed E-state index contributed by atoms with van der Waals surface area (Å²) in [5, 5.41) is 16.6. The molecule has 0 bridgehead atoms. The molecule has 0 unspecified atom stereocenters. The molecule has 102 valence electrons. The monoisotopic (exact) mass is 277 g/mol. The smallest absolute Gasteiger partial charge is 0.123 e. The minimum absolute atomic E-state index is 0.0348. The van der Waals surface area contributed by atoms with E-state index in [2.05, 4.69) is 29.1 Å². The minimum Gasteiger partial charge on any atom is -0.491 e. The summed E-state index contributed by atoms with van der Waals surface area (Å²) in [5.41, 5.74) is 2.41. The lowest BCUT2D eigenvalue weighted by Crippen LogP contribution is -2.18. The molecule has 1 aromatic heterocycles. The van der Waals surface area contributed by atoms with Crippen molar-refractivity contribution in [3.05, 3.63) is 52.2 Å². The highest BCUT2D eigenvalue weighted by atomic mass is 32.1. The molecule has 3 nitrogen and oxygen atoms in total. The van der Waals surface area contributed by atoms with E-state index in [0.29, 0.717) is 12.6 Å². The number of thiophene rings is 1. The van der Waals surface area contributed by atoms with E-state index in [1.807, 2.05) is 24.3 Å². The molecule has 2 rings (SSSR count). The second-order valence-electron chi connectivity index (χ2n) is 4.34. The second kappa shape index (κ2) is 7.28. The normalized spacial score (nSPS) is 12.3. The van der Waals surface area contributed by atoms with E-state index in [1.54, 1.807) is 11.3 Å². The summed E-state index contributed by atoms with van der Waals surface area (Å²) < 4.78 is 5.52.